The number of aromatic hydroxyl groups is 1. The Morgan fingerprint density at radius 2 is 2.00 bits per heavy atom. The van der Waals surface area contributed by atoms with Gasteiger partial charge in [-0.1, -0.05) is 12.1 Å². The summed E-state index contributed by atoms with van der Waals surface area (Å²) in [4.78, 5) is 4.60. The highest BCUT2D eigenvalue weighted by Crippen LogP contribution is 2.27. The molecule has 0 unspecified atom stereocenters. The van der Waals surface area contributed by atoms with E-state index in [9.17, 15) is 5.11 Å². The van der Waals surface area contributed by atoms with Crippen molar-refractivity contribution in [1.29, 1.82) is 0 Å². The van der Waals surface area contributed by atoms with Gasteiger partial charge in [0.1, 0.15) is 17.3 Å². The number of hydrogen-bond donors (Lipinski definition) is 1. The zero-order chi connectivity index (χ0) is 13.4. The molecule has 0 bridgehead atoms. The van der Waals surface area contributed by atoms with Gasteiger partial charge in [0.2, 0.25) is 0 Å². The largest absolute Gasteiger partial charge is 0.508 e. The second kappa shape index (κ2) is 4.31. The smallest absolute Gasteiger partial charge is 0.140 e. The lowest BCUT2D eigenvalue weighted by Crippen LogP contribution is -1.92. The number of imidazole rings is 1. The summed E-state index contributed by atoms with van der Waals surface area (Å²) in [5.41, 5.74) is 2.79. The second-order valence-corrected chi connectivity index (χ2v) is 4.40. The zero-order valence-electron chi connectivity index (χ0n) is 10.8. The van der Waals surface area contributed by atoms with Crippen molar-refractivity contribution in [2.75, 3.05) is 7.11 Å². The van der Waals surface area contributed by atoms with E-state index in [0.29, 0.717) is 0 Å². The molecule has 3 aromatic rings. The summed E-state index contributed by atoms with van der Waals surface area (Å²) >= 11 is 0. The van der Waals surface area contributed by atoms with E-state index in [2.05, 4.69) is 4.98 Å². The summed E-state index contributed by atoms with van der Waals surface area (Å²) in [6, 6.07) is 12.9. The van der Waals surface area contributed by atoms with Crippen LogP contribution in [0.15, 0.2) is 42.5 Å². The van der Waals surface area contributed by atoms with Crippen LogP contribution in [-0.4, -0.2) is 21.8 Å². The summed E-state index contributed by atoms with van der Waals surface area (Å²) < 4.78 is 7.21. The number of ether oxygens (including phenoxy) is 1. The minimum absolute atomic E-state index is 0.238. The van der Waals surface area contributed by atoms with E-state index in [1.165, 1.54) is 0 Å². The SMILES string of the molecule is COc1ccc2c(c1)nc(-c1cccc(O)c1)n2C. The van der Waals surface area contributed by atoms with Gasteiger partial charge in [0.05, 0.1) is 18.1 Å². The molecule has 0 saturated carbocycles. The Morgan fingerprint density at radius 3 is 2.74 bits per heavy atom. The van der Waals surface area contributed by atoms with Crippen LogP contribution in [0.3, 0.4) is 0 Å². The fourth-order valence-corrected chi connectivity index (χ4v) is 2.21. The quantitative estimate of drug-likeness (QED) is 0.764. The molecular weight excluding hydrogens is 240 g/mol. The first kappa shape index (κ1) is 11.6. The van der Waals surface area contributed by atoms with Crippen molar-refractivity contribution in [1.82, 2.24) is 9.55 Å². The predicted molar refractivity (Wildman–Crippen MR) is 74.4 cm³/mol. The minimum atomic E-state index is 0.238. The van der Waals surface area contributed by atoms with Crippen molar-refractivity contribution in [2.24, 2.45) is 7.05 Å². The van der Waals surface area contributed by atoms with Crippen LogP contribution in [-0.2, 0) is 7.05 Å². The Hall–Kier alpha value is -2.49. The van der Waals surface area contributed by atoms with Crippen LogP contribution in [0.4, 0.5) is 0 Å². The number of fused-ring (bicyclic) bond motifs is 1. The molecule has 0 aliphatic rings. The van der Waals surface area contributed by atoms with Gasteiger partial charge in [-0.3, -0.25) is 0 Å². The van der Waals surface area contributed by atoms with Gasteiger partial charge >= 0.3 is 0 Å². The molecule has 19 heavy (non-hydrogen) atoms. The lowest BCUT2D eigenvalue weighted by atomic mass is 10.2. The first-order chi connectivity index (χ1) is 9.19. The Morgan fingerprint density at radius 1 is 1.16 bits per heavy atom. The summed E-state index contributed by atoms with van der Waals surface area (Å²) in [5.74, 6) is 1.84. The summed E-state index contributed by atoms with van der Waals surface area (Å²) in [6.07, 6.45) is 0. The van der Waals surface area contributed by atoms with Crippen molar-refractivity contribution < 1.29 is 9.84 Å². The van der Waals surface area contributed by atoms with E-state index in [1.807, 2.05) is 41.9 Å². The highest BCUT2D eigenvalue weighted by molar-refractivity contribution is 5.82. The van der Waals surface area contributed by atoms with Gasteiger partial charge in [-0.05, 0) is 24.3 Å². The lowest BCUT2D eigenvalue weighted by molar-refractivity contribution is 0.415. The Balaban J connectivity index is 2.22. The monoisotopic (exact) mass is 254 g/mol. The molecule has 0 aliphatic heterocycles. The van der Waals surface area contributed by atoms with E-state index in [-0.39, 0.29) is 5.75 Å². The molecule has 1 aromatic heterocycles. The number of rotatable bonds is 2. The van der Waals surface area contributed by atoms with Crippen molar-refractivity contribution in [3.8, 4) is 22.9 Å². The maximum atomic E-state index is 9.57. The standard InChI is InChI=1S/C15H14N2O2/c1-17-14-7-6-12(19-2)9-13(14)16-15(17)10-4-3-5-11(18)8-10/h3-9,18H,1-2H3. The highest BCUT2D eigenvalue weighted by atomic mass is 16.5. The Labute approximate surface area is 110 Å². The molecule has 0 radical (unpaired) electrons. The van der Waals surface area contributed by atoms with E-state index in [1.54, 1.807) is 19.2 Å². The number of phenolic OH excluding ortho intramolecular Hbond substituents is 1. The molecule has 0 fully saturated rings. The third kappa shape index (κ3) is 1.91. The van der Waals surface area contributed by atoms with Gasteiger partial charge in [0, 0.05) is 18.7 Å². The number of phenols is 1. The van der Waals surface area contributed by atoms with E-state index in [0.717, 1.165) is 28.2 Å². The van der Waals surface area contributed by atoms with Gasteiger partial charge in [0.25, 0.3) is 0 Å². The van der Waals surface area contributed by atoms with Gasteiger partial charge in [-0.2, -0.15) is 0 Å². The molecule has 96 valence electrons. The number of aryl methyl sites for hydroxylation is 1. The number of aromatic nitrogens is 2. The van der Waals surface area contributed by atoms with Crippen LogP contribution >= 0.6 is 0 Å². The van der Waals surface area contributed by atoms with E-state index < -0.39 is 0 Å². The lowest BCUT2D eigenvalue weighted by Gasteiger charge is -2.03. The van der Waals surface area contributed by atoms with Crippen molar-refractivity contribution in [3.63, 3.8) is 0 Å². The Kier molecular flexibility index (Phi) is 2.63. The maximum absolute atomic E-state index is 9.57. The molecule has 0 aliphatic carbocycles. The number of benzene rings is 2. The van der Waals surface area contributed by atoms with Crippen LogP contribution in [0.25, 0.3) is 22.4 Å². The predicted octanol–water partition coefficient (Wildman–Crippen LogP) is 2.95. The third-order valence-electron chi connectivity index (χ3n) is 3.19. The topological polar surface area (TPSA) is 47.3 Å². The Bertz CT molecular complexity index is 747. The van der Waals surface area contributed by atoms with E-state index in [4.69, 9.17) is 4.74 Å². The summed E-state index contributed by atoms with van der Waals surface area (Å²) in [5, 5.41) is 9.57. The molecule has 1 N–H and O–H groups in total. The maximum Gasteiger partial charge on any atom is 0.140 e. The molecule has 4 heteroatoms. The average Bonchev–Trinajstić information content (AvgIpc) is 2.75. The van der Waals surface area contributed by atoms with E-state index >= 15 is 0 Å². The zero-order valence-corrected chi connectivity index (χ0v) is 10.8. The molecule has 0 atom stereocenters. The van der Waals surface area contributed by atoms with Gasteiger partial charge in [0.15, 0.2) is 0 Å². The molecule has 0 spiro atoms. The summed E-state index contributed by atoms with van der Waals surface area (Å²) in [7, 11) is 3.60. The fourth-order valence-electron chi connectivity index (χ4n) is 2.21. The number of methoxy groups -OCH3 is 1. The normalized spacial score (nSPS) is 10.8. The van der Waals surface area contributed by atoms with Gasteiger partial charge in [-0.15, -0.1) is 0 Å². The van der Waals surface area contributed by atoms with Crippen LogP contribution in [0, 0.1) is 0 Å². The highest BCUT2D eigenvalue weighted by Gasteiger charge is 2.10. The number of hydrogen-bond acceptors (Lipinski definition) is 3. The molecule has 0 amide bonds. The molecule has 1 heterocycles. The molecule has 4 nitrogen and oxygen atoms in total. The van der Waals surface area contributed by atoms with Gasteiger partial charge in [-0.25, -0.2) is 4.98 Å². The molecule has 2 aromatic carbocycles. The number of nitrogens with zero attached hydrogens (tertiary/aromatic N) is 2. The summed E-state index contributed by atoms with van der Waals surface area (Å²) in [6.45, 7) is 0. The minimum Gasteiger partial charge on any atom is -0.508 e. The van der Waals surface area contributed by atoms with Crippen molar-refractivity contribution >= 4 is 11.0 Å². The first-order valence-electron chi connectivity index (χ1n) is 5.99. The van der Waals surface area contributed by atoms with Crippen LogP contribution in [0.5, 0.6) is 11.5 Å². The third-order valence-corrected chi connectivity index (χ3v) is 3.19. The second-order valence-electron chi connectivity index (χ2n) is 4.40. The fraction of sp³-hybridized carbons (Fsp3) is 0.133. The van der Waals surface area contributed by atoms with Crippen molar-refractivity contribution in [2.45, 2.75) is 0 Å². The van der Waals surface area contributed by atoms with Crippen LogP contribution in [0.1, 0.15) is 0 Å². The average molecular weight is 254 g/mol. The van der Waals surface area contributed by atoms with Crippen LogP contribution in [0.2, 0.25) is 0 Å². The molecule has 3 rings (SSSR count). The van der Waals surface area contributed by atoms with Crippen molar-refractivity contribution in [3.05, 3.63) is 42.5 Å². The molecule has 0 saturated heterocycles. The first-order valence-corrected chi connectivity index (χ1v) is 5.99. The van der Waals surface area contributed by atoms with Gasteiger partial charge < -0.3 is 14.4 Å². The molecular formula is C15H14N2O2. The van der Waals surface area contributed by atoms with Crippen LogP contribution < -0.4 is 4.74 Å².